The van der Waals surface area contributed by atoms with Crippen molar-refractivity contribution in [2.75, 3.05) is 19.8 Å². The fraction of sp³-hybridized carbons (Fsp3) is 0.915. The first-order valence-corrected chi connectivity index (χ1v) is 30.1. The van der Waals surface area contributed by atoms with Crippen LogP contribution in [-0.2, 0) is 23.7 Å². The normalized spacial score (nSPS) is 25.5. The van der Waals surface area contributed by atoms with E-state index < -0.39 is 86.8 Å². The van der Waals surface area contributed by atoms with Crippen LogP contribution >= 0.6 is 0 Å². The molecule has 2 aliphatic rings. The number of amides is 1. The summed E-state index contributed by atoms with van der Waals surface area (Å²) < 4.78 is 22.7. The highest BCUT2D eigenvalue weighted by atomic mass is 16.7. The summed E-state index contributed by atoms with van der Waals surface area (Å²) in [6.45, 7) is 2.79. The summed E-state index contributed by atoms with van der Waals surface area (Å²) in [5.41, 5.74) is 0. The Bertz CT molecular complexity index is 1320. The maximum Gasteiger partial charge on any atom is 0.220 e. The van der Waals surface area contributed by atoms with Crippen molar-refractivity contribution in [1.29, 1.82) is 0 Å². The van der Waals surface area contributed by atoms with Crippen molar-refractivity contribution in [3.8, 4) is 0 Å². The highest BCUT2D eigenvalue weighted by Gasteiger charge is 2.51. The molecule has 0 aromatic carbocycles. The van der Waals surface area contributed by atoms with Gasteiger partial charge in [-0.3, -0.25) is 4.79 Å². The Hall–Kier alpha value is -1.53. The molecule has 0 saturated carbocycles. The number of carbonyl (C=O) groups excluding carboxylic acids is 1. The number of ether oxygens (including phenoxy) is 4. The second kappa shape index (κ2) is 45.5. The van der Waals surface area contributed by atoms with E-state index in [-0.39, 0.29) is 18.9 Å². The average molecular weight is 1040 g/mol. The van der Waals surface area contributed by atoms with E-state index in [1.54, 1.807) is 6.08 Å². The fourth-order valence-corrected chi connectivity index (χ4v) is 10.0. The van der Waals surface area contributed by atoms with Crippen molar-refractivity contribution in [2.24, 2.45) is 0 Å². The quantitative estimate of drug-likeness (QED) is 0.0204. The van der Waals surface area contributed by atoms with Gasteiger partial charge in [-0.15, -0.1) is 0 Å². The first-order valence-electron chi connectivity index (χ1n) is 30.1. The largest absolute Gasteiger partial charge is 0.394 e. The molecule has 0 aromatic rings. The molecule has 14 nitrogen and oxygen atoms in total. The van der Waals surface area contributed by atoms with E-state index in [2.05, 4.69) is 31.3 Å². The number of rotatable bonds is 48. The molecule has 0 radical (unpaired) electrons. The Morgan fingerprint density at radius 1 is 0.479 bits per heavy atom. The Kier molecular flexibility index (Phi) is 42.1. The van der Waals surface area contributed by atoms with Crippen molar-refractivity contribution < 1.29 is 64.6 Å². The van der Waals surface area contributed by atoms with Gasteiger partial charge in [0, 0.05) is 6.42 Å². The standard InChI is InChI=1S/C59H111NO13/c1-3-5-7-9-11-13-15-17-18-19-20-21-22-23-24-25-26-27-28-29-31-33-35-37-39-41-43-51(64)60-47(48(63)42-40-38-36-34-32-30-16-14-12-10-8-6-4-2)46-70-58-56(69)54(67)57(50(45-62)72-58)73-59-55(68)53(66)52(65)49(44-61)71-59/h32,34,40,42,47-50,52-59,61-63,65-69H,3-31,33,35-39,41,43-46H2,1-2H3,(H,60,64)/b34-32+,42-40+. The van der Waals surface area contributed by atoms with Crippen LogP contribution < -0.4 is 5.32 Å². The van der Waals surface area contributed by atoms with Crippen molar-refractivity contribution in [3.63, 3.8) is 0 Å². The molecule has 0 bridgehead atoms. The van der Waals surface area contributed by atoms with Crippen LogP contribution in [0.15, 0.2) is 24.3 Å². The van der Waals surface area contributed by atoms with Gasteiger partial charge in [0.25, 0.3) is 0 Å². The molecular formula is C59H111NO13. The van der Waals surface area contributed by atoms with Crippen LogP contribution in [0.2, 0.25) is 0 Å². The molecule has 12 atom stereocenters. The zero-order chi connectivity index (χ0) is 53.2. The number of aliphatic hydroxyl groups excluding tert-OH is 8. The molecule has 2 heterocycles. The van der Waals surface area contributed by atoms with E-state index in [1.807, 2.05) is 6.08 Å². The topological polar surface area (TPSA) is 228 Å². The summed E-state index contributed by atoms with van der Waals surface area (Å²) in [7, 11) is 0. The lowest BCUT2D eigenvalue weighted by molar-refractivity contribution is -0.359. The number of allylic oxidation sites excluding steroid dienone is 3. The molecule has 0 aliphatic carbocycles. The molecular weight excluding hydrogens is 931 g/mol. The van der Waals surface area contributed by atoms with E-state index in [4.69, 9.17) is 18.9 Å². The third kappa shape index (κ3) is 31.5. The minimum Gasteiger partial charge on any atom is -0.394 e. The van der Waals surface area contributed by atoms with Gasteiger partial charge < -0.3 is 65.1 Å². The van der Waals surface area contributed by atoms with Gasteiger partial charge in [-0.05, 0) is 32.1 Å². The van der Waals surface area contributed by atoms with Crippen molar-refractivity contribution in [1.82, 2.24) is 5.32 Å². The molecule has 2 aliphatic heterocycles. The first-order chi connectivity index (χ1) is 35.6. The molecule has 73 heavy (non-hydrogen) atoms. The molecule has 2 fully saturated rings. The molecule has 0 spiro atoms. The zero-order valence-electron chi connectivity index (χ0n) is 46.1. The van der Waals surface area contributed by atoms with Gasteiger partial charge in [0.1, 0.15) is 48.8 Å². The van der Waals surface area contributed by atoms with Crippen LogP contribution in [0.1, 0.15) is 251 Å². The number of hydrogen-bond donors (Lipinski definition) is 9. The van der Waals surface area contributed by atoms with Gasteiger partial charge in [0.15, 0.2) is 12.6 Å². The minimum absolute atomic E-state index is 0.245. The highest BCUT2D eigenvalue weighted by molar-refractivity contribution is 5.76. The van der Waals surface area contributed by atoms with Crippen LogP contribution in [0.3, 0.4) is 0 Å². The summed E-state index contributed by atoms with van der Waals surface area (Å²) >= 11 is 0. The minimum atomic E-state index is -1.79. The van der Waals surface area contributed by atoms with Crippen molar-refractivity contribution in [2.45, 2.75) is 325 Å². The van der Waals surface area contributed by atoms with Gasteiger partial charge in [-0.1, -0.05) is 237 Å². The molecule has 2 rings (SSSR count). The molecule has 9 N–H and O–H groups in total. The summed E-state index contributed by atoms with van der Waals surface area (Å²) in [5, 5.41) is 86.9. The average Bonchev–Trinajstić information content (AvgIpc) is 3.39. The number of nitrogens with one attached hydrogen (secondary N) is 1. The lowest BCUT2D eigenvalue weighted by atomic mass is 9.97. The van der Waals surface area contributed by atoms with E-state index in [9.17, 15) is 45.6 Å². The van der Waals surface area contributed by atoms with Crippen molar-refractivity contribution >= 4 is 5.91 Å². The van der Waals surface area contributed by atoms with Gasteiger partial charge in [-0.25, -0.2) is 0 Å². The summed E-state index contributed by atoms with van der Waals surface area (Å²) in [6, 6.07) is -0.927. The van der Waals surface area contributed by atoms with Crippen LogP contribution in [0, 0.1) is 0 Å². The van der Waals surface area contributed by atoms with Crippen LogP contribution in [-0.4, -0.2) is 140 Å². The predicted octanol–water partition coefficient (Wildman–Crippen LogP) is 10.1. The van der Waals surface area contributed by atoms with E-state index in [0.29, 0.717) is 12.8 Å². The first kappa shape index (κ1) is 67.6. The summed E-state index contributed by atoms with van der Waals surface area (Å²) in [6.07, 6.45) is 36.7. The number of hydrogen-bond acceptors (Lipinski definition) is 13. The van der Waals surface area contributed by atoms with E-state index in [1.165, 1.54) is 186 Å². The molecule has 12 unspecified atom stereocenters. The maximum absolute atomic E-state index is 13.2. The third-order valence-corrected chi connectivity index (χ3v) is 14.9. The van der Waals surface area contributed by atoms with Gasteiger partial charge in [0.05, 0.1) is 32.0 Å². The zero-order valence-corrected chi connectivity index (χ0v) is 46.1. The Balaban J connectivity index is 1.71. The predicted molar refractivity (Wildman–Crippen MR) is 291 cm³/mol. The van der Waals surface area contributed by atoms with Gasteiger partial charge in [0.2, 0.25) is 5.91 Å². The van der Waals surface area contributed by atoms with Crippen LogP contribution in [0.25, 0.3) is 0 Å². The highest BCUT2D eigenvalue weighted by Crippen LogP contribution is 2.30. The molecule has 2 saturated heterocycles. The number of carbonyl (C=O) groups is 1. The Labute approximate surface area is 443 Å². The third-order valence-electron chi connectivity index (χ3n) is 14.9. The number of aliphatic hydroxyl groups is 8. The van der Waals surface area contributed by atoms with Gasteiger partial charge >= 0.3 is 0 Å². The van der Waals surface area contributed by atoms with Crippen molar-refractivity contribution in [3.05, 3.63) is 24.3 Å². The molecule has 430 valence electrons. The molecule has 1 amide bonds. The summed E-state index contributed by atoms with van der Waals surface area (Å²) in [4.78, 5) is 13.2. The fourth-order valence-electron chi connectivity index (χ4n) is 10.0. The van der Waals surface area contributed by atoms with E-state index in [0.717, 1.165) is 32.1 Å². The molecule has 0 aromatic heterocycles. The second-order valence-corrected chi connectivity index (χ2v) is 21.5. The second-order valence-electron chi connectivity index (χ2n) is 21.5. The lowest BCUT2D eigenvalue weighted by Crippen LogP contribution is -2.65. The smallest absolute Gasteiger partial charge is 0.220 e. The van der Waals surface area contributed by atoms with Crippen LogP contribution in [0.5, 0.6) is 0 Å². The monoisotopic (exact) mass is 1040 g/mol. The molecule has 14 heteroatoms. The van der Waals surface area contributed by atoms with Crippen LogP contribution in [0.4, 0.5) is 0 Å². The Morgan fingerprint density at radius 2 is 0.877 bits per heavy atom. The number of unbranched alkanes of at least 4 members (excludes halogenated alkanes) is 33. The lowest BCUT2D eigenvalue weighted by Gasteiger charge is -2.46. The van der Waals surface area contributed by atoms with E-state index >= 15 is 0 Å². The Morgan fingerprint density at radius 3 is 1.34 bits per heavy atom. The maximum atomic E-state index is 13.2. The summed E-state index contributed by atoms with van der Waals surface area (Å²) in [5.74, 6) is -0.245. The van der Waals surface area contributed by atoms with Gasteiger partial charge in [-0.2, -0.15) is 0 Å². The SMILES string of the molecule is CCCCCCCCC/C=C/CC/C=C/C(O)C(COC1OC(CO)C(OC2OC(CO)C(O)C(O)C2O)C(O)C1O)NC(=O)CCCCCCCCCCCCCCCCCCCCCCCCCCCC.